The summed E-state index contributed by atoms with van der Waals surface area (Å²) in [7, 11) is 1.27. The molecule has 36 heavy (non-hydrogen) atoms. The summed E-state index contributed by atoms with van der Waals surface area (Å²) in [6, 6.07) is 16.1. The van der Waals surface area contributed by atoms with Crippen LogP contribution >= 0.6 is 0 Å². The molecule has 1 fully saturated rings. The van der Waals surface area contributed by atoms with Crippen LogP contribution < -0.4 is 0 Å². The molecule has 0 aromatic heterocycles. The van der Waals surface area contributed by atoms with Crippen LogP contribution in [0.15, 0.2) is 70.9 Å². The first-order chi connectivity index (χ1) is 17.3. The van der Waals surface area contributed by atoms with Crippen LogP contribution in [0.1, 0.15) is 37.3 Å². The first-order valence-corrected chi connectivity index (χ1v) is 11.8. The number of benzene rings is 2. The van der Waals surface area contributed by atoms with Gasteiger partial charge in [-0.2, -0.15) is 0 Å². The van der Waals surface area contributed by atoms with Crippen molar-refractivity contribution in [2.45, 2.75) is 38.8 Å². The van der Waals surface area contributed by atoms with E-state index in [1.807, 2.05) is 18.2 Å². The molecule has 2 aliphatic heterocycles. The van der Waals surface area contributed by atoms with Crippen LogP contribution in [0, 0.1) is 16.0 Å². The molecule has 3 atom stereocenters. The van der Waals surface area contributed by atoms with Crippen LogP contribution in [0.3, 0.4) is 0 Å². The second-order valence-electron chi connectivity index (χ2n) is 9.12. The van der Waals surface area contributed by atoms with Gasteiger partial charge < -0.3 is 9.47 Å². The molecule has 1 saturated heterocycles. The number of nitro groups is 1. The number of non-ortho nitro benzene ring substituents is 1. The molecule has 2 aromatic carbocycles. The van der Waals surface area contributed by atoms with Crippen molar-refractivity contribution in [3.05, 3.63) is 87.1 Å². The van der Waals surface area contributed by atoms with Crippen molar-refractivity contribution in [2.24, 2.45) is 10.9 Å². The van der Waals surface area contributed by atoms with Crippen molar-refractivity contribution in [1.82, 2.24) is 4.90 Å². The lowest BCUT2D eigenvalue weighted by molar-refractivity contribution is -0.384. The maximum atomic E-state index is 13.5. The highest BCUT2D eigenvalue weighted by Crippen LogP contribution is 2.41. The number of ether oxygens (including phenoxy) is 2. The van der Waals surface area contributed by atoms with E-state index in [0.717, 1.165) is 13.1 Å². The summed E-state index contributed by atoms with van der Waals surface area (Å²) in [6.07, 6.45) is 0.380. The first kappa shape index (κ1) is 25.2. The van der Waals surface area contributed by atoms with E-state index in [0.29, 0.717) is 29.9 Å². The quantitative estimate of drug-likeness (QED) is 0.327. The van der Waals surface area contributed by atoms with Gasteiger partial charge in [0, 0.05) is 49.1 Å². The fourth-order valence-corrected chi connectivity index (χ4v) is 5.02. The zero-order chi connectivity index (χ0) is 25.8. The molecule has 0 amide bonds. The van der Waals surface area contributed by atoms with Gasteiger partial charge in [-0.15, -0.1) is 0 Å². The SMILES string of the molecule is COC(=O)C1C(C)=NC(C)=C(C(=O)OC2CCN(Cc3ccccc3)C2)[C@H]1c1cccc([N+](=O)[O-])c1. The molecular formula is C27H29N3O6. The lowest BCUT2D eigenvalue weighted by atomic mass is 9.75. The molecule has 0 N–H and O–H groups in total. The Morgan fingerprint density at radius 1 is 1.14 bits per heavy atom. The first-order valence-electron chi connectivity index (χ1n) is 11.8. The summed E-state index contributed by atoms with van der Waals surface area (Å²) < 4.78 is 10.9. The van der Waals surface area contributed by atoms with Crippen molar-refractivity contribution in [3.63, 3.8) is 0 Å². The third-order valence-corrected chi connectivity index (χ3v) is 6.70. The number of carbonyl (C=O) groups excluding carboxylic acids is 2. The Labute approximate surface area is 209 Å². The molecule has 0 spiro atoms. The summed E-state index contributed by atoms with van der Waals surface area (Å²) in [5.41, 5.74) is 2.63. The lowest BCUT2D eigenvalue weighted by Gasteiger charge is -2.31. The standard InChI is InChI=1S/C27H29N3O6/c1-17-23(26(31)35-3)25(20-10-7-11-21(14-20)30(33)34)24(18(2)28-17)27(32)36-22-12-13-29(16-22)15-19-8-5-4-6-9-19/h4-11,14,22-23,25H,12-13,15-16H2,1-3H3/t22?,23?,25-/m0/s1. The molecule has 0 saturated carbocycles. The van der Waals surface area contributed by atoms with Gasteiger partial charge in [0.05, 0.1) is 17.6 Å². The molecular weight excluding hydrogens is 462 g/mol. The highest BCUT2D eigenvalue weighted by molar-refractivity contribution is 6.07. The topological polar surface area (TPSA) is 111 Å². The van der Waals surface area contributed by atoms with E-state index >= 15 is 0 Å². The number of rotatable bonds is 7. The van der Waals surface area contributed by atoms with Gasteiger partial charge in [0.1, 0.15) is 12.0 Å². The van der Waals surface area contributed by atoms with Crippen LogP contribution in [0.2, 0.25) is 0 Å². The Morgan fingerprint density at radius 2 is 1.89 bits per heavy atom. The van der Waals surface area contributed by atoms with E-state index in [4.69, 9.17) is 9.47 Å². The molecule has 188 valence electrons. The molecule has 0 bridgehead atoms. The number of likely N-dealkylation sites (tertiary alicyclic amines) is 1. The van der Waals surface area contributed by atoms with E-state index in [1.54, 1.807) is 26.0 Å². The van der Waals surface area contributed by atoms with Gasteiger partial charge in [0.15, 0.2) is 0 Å². The third-order valence-electron chi connectivity index (χ3n) is 6.70. The predicted molar refractivity (Wildman–Crippen MR) is 133 cm³/mol. The largest absolute Gasteiger partial charge is 0.468 e. The van der Waals surface area contributed by atoms with E-state index in [2.05, 4.69) is 22.0 Å². The lowest BCUT2D eigenvalue weighted by Crippen LogP contribution is -2.37. The van der Waals surface area contributed by atoms with E-state index in [1.165, 1.54) is 24.8 Å². The van der Waals surface area contributed by atoms with Crippen molar-refractivity contribution >= 4 is 23.3 Å². The second-order valence-corrected chi connectivity index (χ2v) is 9.12. The highest BCUT2D eigenvalue weighted by atomic mass is 16.6. The Morgan fingerprint density at radius 3 is 2.58 bits per heavy atom. The molecule has 9 heteroatoms. The Balaban J connectivity index is 1.60. The monoisotopic (exact) mass is 491 g/mol. The average Bonchev–Trinajstić information content (AvgIpc) is 3.30. The molecule has 9 nitrogen and oxygen atoms in total. The summed E-state index contributed by atoms with van der Waals surface area (Å²) in [5, 5.41) is 11.4. The van der Waals surface area contributed by atoms with Crippen LogP contribution in [-0.4, -0.2) is 53.8 Å². The zero-order valence-electron chi connectivity index (χ0n) is 20.5. The maximum Gasteiger partial charge on any atom is 0.336 e. The van der Waals surface area contributed by atoms with Crippen LogP contribution in [0.4, 0.5) is 5.69 Å². The fraction of sp³-hybridized carbons (Fsp3) is 0.370. The highest BCUT2D eigenvalue weighted by Gasteiger charge is 2.43. The minimum absolute atomic E-state index is 0.131. The maximum absolute atomic E-state index is 13.5. The molecule has 2 aromatic rings. The van der Waals surface area contributed by atoms with Gasteiger partial charge in [0.25, 0.3) is 5.69 Å². The van der Waals surface area contributed by atoms with Gasteiger partial charge in [-0.25, -0.2) is 4.79 Å². The third kappa shape index (κ3) is 5.36. The van der Waals surface area contributed by atoms with Gasteiger partial charge >= 0.3 is 11.9 Å². The number of nitro benzene ring substituents is 1. The second kappa shape index (κ2) is 10.8. The minimum Gasteiger partial charge on any atom is -0.468 e. The summed E-state index contributed by atoms with van der Waals surface area (Å²) in [5.74, 6) is -2.85. The smallest absolute Gasteiger partial charge is 0.336 e. The molecule has 2 aliphatic rings. The Hall–Kier alpha value is -3.85. The predicted octanol–water partition coefficient (Wildman–Crippen LogP) is 4.03. The molecule has 2 unspecified atom stereocenters. The number of aliphatic imine (C=N–C) groups is 1. The van der Waals surface area contributed by atoms with Gasteiger partial charge in [-0.1, -0.05) is 42.5 Å². The normalized spacial score (nSPS) is 22.2. The fourth-order valence-electron chi connectivity index (χ4n) is 5.02. The van der Waals surface area contributed by atoms with Gasteiger partial charge in [0.2, 0.25) is 0 Å². The Kier molecular flexibility index (Phi) is 7.59. The molecule has 0 radical (unpaired) electrons. The molecule has 0 aliphatic carbocycles. The van der Waals surface area contributed by atoms with E-state index < -0.39 is 28.7 Å². The summed E-state index contributed by atoms with van der Waals surface area (Å²) in [4.78, 5) is 44.0. The van der Waals surface area contributed by atoms with Gasteiger partial charge in [-0.3, -0.25) is 24.8 Å². The zero-order valence-corrected chi connectivity index (χ0v) is 20.5. The van der Waals surface area contributed by atoms with Crippen molar-refractivity contribution < 1.29 is 24.0 Å². The summed E-state index contributed by atoms with van der Waals surface area (Å²) in [6.45, 7) is 5.53. The van der Waals surface area contributed by atoms with E-state index in [-0.39, 0.29) is 17.4 Å². The van der Waals surface area contributed by atoms with Gasteiger partial charge in [-0.05, 0) is 31.4 Å². The van der Waals surface area contributed by atoms with Crippen molar-refractivity contribution in [3.8, 4) is 0 Å². The number of nitrogens with zero attached hydrogens (tertiary/aromatic N) is 3. The van der Waals surface area contributed by atoms with Crippen LogP contribution in [-0.2, 0) is 25.6 Å². The molecule has 4 rings (SSSR count). The number of carbonyl (C=O) groups is 2. The van der Waals surface area contributed by atoms with Crippen molar-refractivity contribution in [1.29, 1.82) is 0 Å². The van der Waals surface area contributed by atoms with E-state index in [9.17, 15) is 19.7 Å². The Bertz CT molecular complexity index is 1220. The minimum atomic E-state index is -0.901. The summed E-state index contributed by atoms with van der Waals surface area (Å²) >= 11 is 0. The van der Waals surface area contributed by atoms with Crippen LogP contribution in [0.5, 0.6) is 0 Å². The number of allylic oxidation sites excluding steroid dienone is 1. The number of esters is 2. The van der Waals surface area contributed by atoms with Crippen LogP contribution in [0.25, 0.3) is 0 Å². The number of methoxy groups -OCH3 is 1. The van der Waals surface area contributed by atoms with Crippen molar-refractivity contribution in [2.75, 3.05) is 20.2 Å². The molecule has 2 heterocycles. The average molecular weight is 492 g/mol. The number of hydrogen-bond donors (Lipinski definition) is 0. The number of hydrogen-bond acceptors (Lipinski definition) is 8.